The molecule has 2 rings (SSSR count). The maximum Gasteiger partial charge on any atom is 0.433 e. The van der Waals surface area contributed by atoms with Gasteiger partial charge in [-0.3, -0.25) is 0 Å². The van der Waals surface area contributed by atoms with Gasteiger partial charge in [0.25, 0.3) is 0 Å². The molecule has 106 valence electrons. The smallest absolute Gasteiger partial charge is 0.396 e. The van der Waals surface area contributed by atoms with Crippen LogP contribution < -0.4 is 11.1 Å². The average molecular weight is 281 g/mol. The van der Waals surface area contributed by atoms with Gasteiger partial charge in [0.15, 0.2) is 0 Å². The van der Waals surface area contributed by atoms with Gasteiger partial charge in [-0.1, -0.05) is 19.1 Å². The van der Waals surface area contributed by atoms with Gasteiger partial charge in [-0.2, -0.15) is 13.2 Å². The number of pyridine rings is 1. The van der Waals surface area contributed by atoms with Crippen LogP contribution in [0.3, 0.4) is 0 Å². The molecule has 0 bridgehead atoms. The fraction of sp³-hybridized carbons (Fsp3) is 0.214. The third kappa shape index (κ3) is 3.20. The van der Waals surface area contributed by atoms with Crippen molar-refractivity contribution in [1.82, 2.24) is 4.98 Å². The Kier molecular flexibility index (Phi) is 3.83. The molecule has 0 aliphatic rings. The first-order valence-corrected chi connectivity index (χ1v) is 6.09. The number of hydrogen-bond acceptors (Lipinski definition) is 3. The van der Waals surface area contributed by atoms with Crippen LogP contribution in [0.4, 0.5) is 30.2 Å². The minimum Gasteiger partial charge on any atom is -0.396 e. The van der Waals surface area contributed by atoms with E-state index in [4.69, 9.17) is 5.73 Å². The van der Waals surface area contributed by atoms with Crippen molar-refractivity contribution in [1.29, 1.82) is 0 Å². The van der Waals surface area contributed by atoms with Crippen LogP contribution in [0.5, 0.6) is 0 Å². The Morgan fingerprint density at radius 2 is 2.00 bits per heavy atom. The summed E-state index contributed by atoms with van der Waals surface area (Å²) in [6.45, 7) is 2.00. The van der Waals surface area contributed by atoms with Crippen LogP contribution >= 0.6 is 0 Å². The maximum absolute atomic E-state index is 12.6. The number of nitrogens with zero attached hydrogens (tertiary/aromatic N) is 1. The molecule has 20 heavy (non-hydrogen) atoms. The van der Waals surface area contributed by atoms with Crippen LogP contribution in [0.1, 0.15) is 18.2 Å². The molecule has 3 N–H and O–H groups in total. The Balaban J connectivity index is 2.32. The summed E-state index contributed by atoms with van der Waals surface area (Å²) < 4.78 is 37.9. The molecule has 0 spiro atoms. The fourth-order valence-corrected chi connectivity index (χ4v) is 1.75. The van der Waals surface area contributed by atoms with Crippen LogP contribution in [0.2, 0.25) is 0 Å². The molecule has 0 radical (unpaired) electrons. The molecule has 0 atom stereocenters. The van der Waals surface area contributed by atoms with Crippen LogP contribution in [0, 0.1) is 0 Å². The second-order valence-electron chi connectivity index (χ2n) is 4.33. The third-order valence-electron chi connectivity index (χ3n) is 2.84. The number of rotatable bonds is 3. The van der Waals surface area contributed by atoms with Crippen molar-refractivity contribution in [2.45, 2.75) is 19.5 Å². The molecule has 0 aliphatic carbocycles. The standard InChI is InChI=1S/C14H14F3N3/c1-2-9-4-3-5-10(6-9)20-12-7-13(14(15,16)17)19-8-11(12)18/h3-8H,2,18H2,1H3,(H,19,20). The first kappa shape index (κ1) is 14.2. The lowest BCUT2D eigenvalue weighted by Crippen LogP contribution is -2.09. The predicted octanol–water partition coefficient (Wildman–Crippen LogP) is 3.99. The highest BCUT2D eigenvalue weighted by Gasteiger charge is 2.32. The van der Waals surface area contributed by atoms with Crippen molar-refractivity contribution in [3.63, 3.8) is 0 Å². The number of nitrogen functional groups attached to an aromatic ring is 1. The largest absolute Gasteiger partial charge is 0.433 e. The molecular weight excluding hydrogens is 267 g/mol. The average Bonchev–Trinajstić information content (AvgIpc) is 2.40. The van der Waals surface area contributed by atoms with Crippen molar-refractivity contribution in [3.05, 3.63) is 47.8 Å². The summed E-state index contributed by atoms with van der Waals surface area (Å²) in [5.74, 6) is 0. The zero-order chi connectivity index (χ0) is 14.8. The zero-order valence-corrected chi connectivity index (χ0v) is 10.8. The van der Waals surface area contributed by atoms with E-state index < -0.39 is 11.9 Å². The third-order valence-corrected chi connectivity index (χ3v) is 2.84. The fourth-order valence-electron chi connectivity index (χ4n) is 1.75. The van der Waals surface area contributed by atoms with Gasteiger partial charge in [-0.05, 0) is 30.2 Å². The molecule has 0 saturated heterocycles. The second-order valence-corrected chi connectivity index (χ2v) is 4.33. The van der Waals surface area contributed by atoms with E-state index in [2.05, 4.69) is 10.3 Å². The van der Waals surface area contributed by atoms with Crippen molar-refractivity contribution in [2.75, 3.05) is 11.1 Å². The van der Waals surface area contributed by atoms with E-state index in [0.29, 0.717) is 5.69 Å². The molecule has 0 fully saturated rings. The van der Waals surface area contributed by atoms with Gasteiger partial charge < -0.3 is 11.1 Å². The highest BCUT2D eigenvalue weighted by molar-refractivity contribution is 5.72. The Hall–Kier alpha value is -2.24. The van der Waals surface area contributed by atoms with E-state index in [0.717, 1.165) is 24.2 Å². The number of halogens is 3. The van der Waals surface area contributed by atoms with Gasteiger partial charge in [0.1, 0.15) is 5.69 Å². The molecule has 1 aromatic heterocycles. The number of benzene rings is 1. The Labute approximate surface area is 114 Å². The summed E-state index contributed by atoms with van der Waals surface area (Å²) in [7, 11) is 0. The summed E-state index contributed by atoms with van der Waals surface area (Å²) >= 11 is 0. The lowest BCUT2D eigenvalue weighted by atomic mass is 10.1. The highest BCUT2D eigenvalue weighted by atomic mass is 19.4. The van der Waals surface area contributed by atoms with Gasteiger partial charge in [-0.25, -0.2) is 4.98 Å². The highest BCUT2D eigenvalue weighted by Crippen LogP contribution is 2.32. The molecule has 0 saturated carbocycles. The van der Waals surface area contributed by atoms with Crippen LogP contribution in [0.25, 0.3) is 0 Å². The van der Waals surface area contributed by atoms with E-state index in [1.54, 1.807) is 6.07 Å². The summed E-state index contributed by atoms with van der Waals surface area (Å²) in [6, 6.07) is 8.33. The second kappa shape index (κ2) is 5.40. The lowest BCUT2D eigenvalue weighted by Gasteiger charge is -2.13. The molecule has 0 aliphatic heterocycles. The van der Waals surface area contributed by atoms with E-state index in [9.17, 15) is 13.2 Å². The summed E-state index contributed by atoms with van der Waals surface area (Å²) in [4.78, 5) is 3.30. The normalized spacial score (nSPS) is 11.4. The van der Waals surface area contributed by atoms with Crippen molar-refractivity contribution < 1.29 is 13.2 Å². The number of anilines is 3. The maximum atomic E-state index is 12.6. The van der Waals surface area contributed by atoms with E-state index in [-0.39, 0.29) is 11.4 Å². The number of hydrogen-bond donors (Lipinski definition) is 2. The van der Waals surface area contributed by atoms with Gasteiger partial charge in [0.2, 0.25) is 0 Å². The van der Waals surface area contributed by atoms with E-state index >= 15 is 0 Å². The number of aryl methyl sites for hydroxylation is 1. The molecule has 2 aromatic rings. The minimum absolute atomic E-state index is 0.167. The lowest BCUT2D eigenvalue weighted by molar-refractivity contribution is -0.141. The Morgan fingerprint density at radius 3 is 2.65 bits per heavy atom. The molecule has 1 aromatic carbocycles. The van der Waals surface area contributed by atoms with Crippen molar-refractivity contribution >= 4 is 17.1 Å². The predicted molar refractivity (Wildman–Crippen MR) is 72.8 cm³/mol. The summed E-state index contributed by atoms with van der Waals surface area (Å²) in [5.41, 5.74) is 6.82. The van der Waals surface area contributed by atoms with Gasteiger partial charge in [0.05, 0.1) is 17.6 Å². The van der Waals surface area contributed by atoms with Crippen LogP contribution in [-0.4, -0.2) is 4.98 Å². The molecule has 0 unspecified atom stereocenters. The Morgan fingerprint density at radius 1 is 1.25 bits per heavy atom. The van der Waals surface area contributed by atoms with Crippen molar-refractivity contribution in [2.24, 2.45) is 0 Å². The molecule has 1 heterocycles. The van der Waals surface area contributed by atoms with E-state index in [1.165, 1.54) is 0 Å². The van der Waals surface area contributed by atoms with E-state index in [1.807, 2.05) is 25.1 Å². The Bertz CT molecular complexity index is 609. The first-order chi connectivity index (χ1) is 9.40. The summed E-state index contributed by atoms with van der Waals surface area (Å²) in [6.07, 6.45) is -2.64. The quantitative estimate of drug-likeness (QED) is 0.894. The topological polar surface area (TPSA) is 50.9 Å². The number of nitrogens with two attached hydrogens (primary N) is 1. The molecule has 6 heteroatoms. The monoisotopic (exact) mass is 281 g/mol. The van der Waals surface area contributed by atoms with Gasteiger partial charge >= 0.3 is 6.18 Å². The summed E-state index contributed by atoms with van der Waals surface area (Å²) in [5, 5.41) is 2.89. The van der Waals surface area contributed by atoms with Gasteiger partial charge in [0, 0.05) is 5.69 Å². The molecular formula is C14H14F3N3. The minimum atomic E-state index is -4.49. The molecule has 0 amide bonds. The number of alkyl halides is 3. The molecule has 3 nitrogen and oxygen atoms in total. The van der Waals surface area contributed by atoms with Gasteiger partial charge in [-0.15, -0.1) is 0 Å². The number of nitrogens with one attached hydrogen (secondary N) is 1. The zero-order valence-electron chi connectivity index (χ0n) is 10.8. The van der Waals surface area contributed by atoms with Crippen LogP contribution in [-0.2, 0) is 12.6 Å². The first-order valence-electron chi connectivity index (χ1n) is 6.09. The van der Waals surface area contributed by atoms with Crippen LogP contribution in [0.15, 0.2) is 36.5 Å². The number of aromatic nitrogens is 1. The van der Waals surface area contributed by atoms with Crippen molar-refractivity contribution in [3.8, 4) is 0 Å². The SMILES string of the molecule is CCc1cccc(Nc2cc(C(F)(F)F)ncc2N)c1.